The summed E-state index contributed by atoms with van der Waals surface area (Å²) < 4.78 is 26.8. The van der Waals surface area contributed by atoms with Crippen LogP contribution in [0.4, 0.5) is 5.69 Å². The predicted molar refractivity (Wildman–Crippen MR) is 105 cm³/mol. The minimum Gasteiger partial charge on any atom is -0.322 e. The van der Waals surface area contributed by atoms with Crippen molar-refractivity contribution in [2.75, 3.05) is 11.9 Å². The topological polar surface area (TPSA) is 75.3 Å². The quantitative estimate of drug-likeness (QED) is 0.835. The number of nitrogens with one attached hydrogen (secondary N) is 2. The standard InChI is InChI=1S/C20H26N2O3S/c1-6-21-26(24,25)17-12-7-14(2)18(13-17)19(23)22-16-10-8-15(9-11-16)20(3,4)5/h7-13,21H,6H2,1-5H3,(H,22,23). The molecule has 5 nitrogen and oxygen atoms in total. The zero-order valence-electron chi connectivity index (χ0n) is 15.9. The summed E-state index contributed by atoms with van der Waals surface area (Å²) in [6.45, 7) is 10.2. The molecule has 6 heteroatoms. The average molecular weight is 375 g/mol. The van der Waals surface area contributed by atoms with Gasteiger partial charge in [0.2, 0.25) is 10.0 Å². The fourth-order valence-electron chi connectivity index (χ4n) is 2.54. The van der Waals surface area contributed by atoms with Crippen molar-refractivity contribution in [2.24, 2.45) is 0 Å². The summed E-state index contributed by atoms with van der Waals surface area (Å²) in [4.78, 5) is 12.7. The number of sulfonamides is 1. The smallest absolute Gasteiger partial charge is 0.255 e. The van der Waals surface area contributed by atoms with Crippen LogP contribution < -0.4 is 10.0 Å². The summed E-state index contributed by atoms with van der Waals surface area (Å²) in [7, 11) is -3.61. The first kappa shape index (κ1) is 20.1. The maximum absolute atomic E-state index is 12.6. The van der Waals surface area contributed by atoms with E-state index in [1.165, 1.54) is 17.7 Å². The lowest BCUT2D eigenvalue weighted by Gasteiger charge is -2.19. The molecule has 0 aliphatic heterocycles. The van der Waals surface area contributed by atoms with Crippen molar-refractivity contribution in [3.05, 3.63) is 59.2 Å². The van der Waals surface area contributed by atoms with Crippen molar-refractivity contribution in [3.8, 4) is 0 Å². The Hall–Kier alpha value is -2.18. The molecule has 0 saturated heterocycles. The van der Waals surface area contributed by atoms with Crippen molar-refractivity contribution in [2.45, 2.75) is 44.9 Å². The molecule has 0 heterocycles. The summed E-state index contributed by atoms with van der Waals surface area (Å²) in [6.07, 6.45) is 0. The van der Waals surface area contributed by atoms with Gasteiger partial charge in [-0.1, -0.05) is 45.9 Å². The maximum atomic E-state index is 12.6. The molecular formula is C20H26N2O3S. The zero-order valence-corrected chi connectivity index (χ0v) is 16.7. The Kier molecular flexibility index (Phi) is 5.88. The van der Waals surface area contributed by atoms with Crippen molar-refractivity contribution in [3.63, 3.8) is 0 Å². The van der Waals surface area contributed by atoms with Gasteiger partial charge in [0, 0.05) is 17.8 Å². The molecule has 26 heavy (non-hydrogen) atoms. The molecule has 140 valence electrons. The first-order chi connectivity index (χ1) is 12.0. The van der Waals surface area contributed by atoms with E-state index in [0.717, 1.165) is 0 Å². The molecule has 0 spiro atoms. The van der Waals surface area contributed by atoms with Crippen molar-refractivity contribution < 1.29 is 13.2 Å². The third-order valence-electron chi connectivity index (χ3n) is 4.11. The summed E-state index contributed by atoms with van der Waals surface area (Å²) >= 11 is 0. The third-order valence-corrected chi connectivity index (χ3v) is 5.65. The third kappa shape index (κ3) is 4.71. The van der Waals surface area contributed by atoms with E-state index < -0.39 is 10.0 Å². The number of carbonyl (C=O) groups excluding carboxylic acids is 1. The molecule has 0 fully saturated rings. The first-order valence-electron chi connectivity index (χ1n) is 8.57. The molecule has 2 aromatic carbocycles. The molecule has 0 aliphatic carbocycles. The highest BCUT2D eigenvalue weighted by atomic mass is 32.2. The van der Waals surface area contributed by atoms with Crippen LogP contribution in [0.1, 0.15) is 49.2 Å². The van der Waals surface area contributed by atoms with Gasteiger partial charge in [-0.15, -0.1) is 0 Å². The van der Waals surface area contributed by atoms with E-state index in [9.17, 15) is 13.2 Å². The van der Waals surface area contributed by atoms with Gasteiger partial charge in [0.1, 0.15) is 0 Å². The van der Waals surface area contributed by atoms with Gasteiger partial charge in [0.05, 0.1) is 4.90 Å². The van der Waals surface area contributed by atoms with E-state index in [0.29, 0.717) is 16.8 Å². The Morgan fingerprint density at radius 2 is 1.65 bits per heavy atom. The van der Waals surface area contributed by atoms with Crippen LogP contribution in [0.15, 0.2) is 47.4 Å². The Bertz CT molecular complexity index is 896. The normalized spacial score (nSPS) is 12.0. The number of carbonyl (C=O) groups is 1. The summed E-state index contributed by atoms with van der Waals surface area (Å²) in [6, 6.07) is 12.2. The number of amides is 1. The van der Waals surface area contributed by atoms with E-state index in [1.54, 1.807) is 19.9 Å². The van der Waals surface area contributed by atoms with Crippen LogP contribution >= 0.6 is 0 Å². The number of rotatable bonds is 5. The van der Waals surface area contributed by atoms with Gasteiger partial charge in [-0.25, -0.2) is 13.1 Å². The SMILES string of the molecule is CCNS(=O)(=O)c1ccc(C)c(C(=O)Nc2ccc(C(C)(C)C)cc2)c1. The lowest BCUT2D eigenvalue weighted by atomic mass is 9.87. The summed E-state index contributed by atoms with van der Waals surface area (Å²) in [5, 5.41) is 2.83. The van der Waals surface area contributed by atoms with Crippen molar-refractivity contribution in [1.29, 1.82) is 0 Å². The second-order valence-corrected chi connectivity index (χ2v) is 9.03. The number of hydrogen-bond donors (Lipinski definition) is 2. The van der Waals surface area contributed by atoms with Gasteiger partial charge < -0.3 is 5.32 Å². The van der Waals surface area contributed by atoms with Crippen molar-refractivity contribution in [1.82, 2.24) is 4.72 Å². The number of hydrogen-bond acceptors (Lipinski definition) is 3. The van der Waals surface area contributed by atoms with Gasteiger partial charge in [-0.2, -0.15) is 0 Å². The average Bonchev–Trinajstić information content (AvgIpc) is 2.54. The second kappa shape index (κ2) is 7.60. The fraction of sp³-hybridized carbons (Fsp3) is 0.350. The molecule has 0 atom stereocenters. The molecule has 0 unspecified atom stereocenters. The molecule has 0 aromatic heterocycles. The van der Waals surface area contributed by atoms with Gasteiger partial charge in [-0.05, 0) is 47.7 Å². The van der Waals surface area contributed by atoms with E-state index in [4.69, 9.17) is 0 Å². The Morgan fingerprint density at radius 3 is 2.19 bits per heavy atom. The van der Waals surface area contributed by atoms with E-state index in [1.807, 2.05) is 24.3 Å². The highest BCUT2D eigenvalue weighted by Crippen LogP contribution is 2.24. The highest BCUT2D eigenvalue weighted by molar-refractivity contribution is 7.89. The first-order valence-corrected chi connectivity index (χ1v) is 10.0. The summed E-state index contributed by atoms with van der Waals surface area (Å²) in [5.41, 5.74) is 2.93. The summed E-state index contributed by atoms with van der Waals surface area (Å²) in [5.74, 6) is -0.334. The van der Waals surface area contributed by atoms with Gasteiger partial charge >= 0.3 is 0 Å². The van der Waals surface area contributed by atoms with E-state index >= 15 is 0 Å². The predicted octanol–water partition coefficient (Wildman–Crippen LogP) is 3.84. The number of anilines is 1. The lowest BCUT2D eigenvalue weighted by molar-refractivity contribution is 0.102. The lowest BCUT2D eigenvalue weighted by Crippen LogP contribution is -2.24. The Balaban J connectivity index is 2.27. The monoisotopic (exact) mass is 374 g/mol. The van der Waals surface area contributed by atoms with Gasteiger partial charge in [-0.3, -0.25) is 4.79 Å². The highest BCUT2D eigenvalue weighted by Gasteiger charge is 2.18. The zero-order chi connectivity index (χ0) is 19.5. The number of aryl methyl sites for hydroxylation is 1. The van der Waals surface area contributed by atoms with E-state index in [2.05, 4.69) is 30.8 Å². The van der Waals surface area contributed by atoms with Crippen molar-refractivity contribution >= 4 is 21.6 Å². The second-order valence-electron chi connectivity index (χ2n) is 7.26. The molecule has 2 N–H and O–H groups in total. The van der Waals surface area contributed by atoms with E-state index in [-0.39, 0.29) is 22.8 Å². The van der Waals surface area contributed by atoms with Crippen LogP contribution in [0.3, 0.4) is 0 Å². The minimum atomic E-state index is -3.61. The molecule has 0 radical (unpaired) electrons. The van der Waals surface area contributed by atoms with Crippen LogP contribution in [0.2, 0.25) is 0 Å². The maximum Gasteiger partial charge on any atom is 0.255 e. The molecular weight excluding hydrogens is 348 g/mol. The number of benzene rings is 2. The molecule has 0 saturated carbocycles. The van der Waals surface area contributed by atoms with Crippen LogP contribution in [-0.4, -0.2) is 20.9 Å². The minimum absolute atomic E-state index is 0.0358. The molecule has 0 bridgehead atoms. The molecule has 2 rings (SSSR count). The van der Waals surface area contributed by atoms with Crippen LogP contribution in [-0.2, 0) is 15.4 Å². The molecule has 2 aromatic rings. The molecule has 1 amide bonds. The van der Waals surface area contributed by atoms with Gasteiger partial charge in [0.15, 0.2) is 0 Å². The fourth-order valence-corrected chi connectivity index (χ4v) is 3.61. The van der Waals surface area contributed by atoms with Crippen LogP contribution in [0.5, 0.6) is 0 Å². The largest absolute Gasteiger partial charge is 0.322 e. The molecule has 0 aliphatic rings. The Labute approximate surface area is 155 Å². The van der Waals surface area contributed by atoms with Crippen LogP contribution in [0, 0.1) is 6.92 Å². The Morgan fingerprint density at radius 1 is 1.04 bits per heavy atom. The van der Waals surface area contributed by atoms with Gasteiger partial charge in [0.25, 0.3) is 5.91 Å². The van der Waals surface area contributed by atoms with Crippen LogP contribution in [0.25, 0.3) is 0 Å².